The van der Waals surface area contributed by atoms with Crippen molar-refractivity contribution in [3.05, 3.63) is 65.5 Å². The second-order valence-corrected chi connectivity index (χ2v) is 4.36. The first kappa shape index (κ1) is 14.0. The molecule has 0 aliphatic heterocycles. The summed E-state index contributed by atoms with van der Waals surface area (Å²) in [6.07, 6.45) is 0. The van der Waals surface area contributed by atoms with Crippen molar-refractivity contribution >= 4 is 5.69 Å². The van der Waals surface area contributed by atoms with Crippen LogP contribution >= 0.6 is 0 Å². The molecule has 102 valence electrons. The Morgan fingerprint density at radius 1 is 1.20 bits per heavy atom. The van der Waals surface area contributed by atoms with Crippen molar-refractivity contribution in [2.24, 2.45) is 0 Å². The number of halogens is 1. The minimum absolute atomic E-state index is 0.319. The van der Waals surface area contributed by atoms with Crippen molar-refractivity contribution < 1.29 is 9.13 Å². The standard InChI is InChI=1S/C16H15FN2O/c1-20-11-12-6-8-13(9-7-12)16(10-18)19-15-5-3-2-4-14(15)17/h2-9,16,19H,11H2,1H3. The molecule has 0 saturated heterocycles. The van der Waals surface area contributed by atoms with E-state index in [-0.39, 0.29) is 5.82 Å². The molecule has 1 unspecified atom stereocenters. The van der Waals surface area contributed by atoms with E-state index in [1.165, 1.54) is 6.07 Å². The highest BCUT2D eigenvalue weighted by molar-refractivity contribution is 5.48. The second kappa shape index (κ2) is 6.69. The quantitative estimate of drug-likeness (QED) is 0.902. The van der Waals surface area contributed by atoms with E-state index in [0.717, 1.165) is 11.1 Å². The van der Waals surface area contributed by atoms with Crippen LogP contribution in [0.1, 0.15) is 17.2 Å². The van der Waals surface area contributed by atoms with Crippen LogP contribution in [0.4, 0.5) is 10.1 Å². The molecule has 4 heteroatoms. The van der Waals surface area contributed by atoms with Crippen LogP contribution in [0.2, 0.25) is 0 Å². The number of para-hydroxylation sites is 1. The van der Waals surface area contributed by atoms with Crippen molar-refractivity contribution in [3.63, 3.8) is 0 Å². The fraction of sp³-hybridized carbons (Fsp3) is 0.188. The van der Waals surface area contributed by atoms with Crippen LogP contribution in [0.3, 0.4) is 0 Å². The molecule has 0 amide bonds. The van der Waals surface area contributed by atoms with Crippen molar-refractivity contribution in [1.29, 1.82) is 5.26 Å². The number of rotatable bonds is 5. The second-order valence-electron chi connectivity index (χ2n) is 4.36. The van der Waals surface area contributed by atoms with E-state index in [1.54, 1.807) is 25.3 Å². The zero-order chi connectivity index (χ0) is 14.4. The molecule has 0 aromatic heterocycles. The Balaban J connectivity index is 2.16. The molecular formula is C16H15FN2O. The number of anilines is 1. The lowest BCUT2D eigenvalue weighted by atomic mass is 10.1. The van der Waals surface area contributed by atoms with Crippen molar-refractivity contribution in [1.82, 2.24) is 0 Å². The van der Waals surface area contributed by atoms with E-state index in [4.69, 9.17) is 4.74 Å². The van der Waals surface area contributed by atoms with E-state index >= 15 is 0 Å². The predicted octanol–water partition coefficient (Wildman–Crippen LogP) is 3.65. The maximum atomic E-state index is 13.6. The van der Waals surface area contributed by atoms with Crippen LogP contribution in [0, 0.1) is 17.1 Å². The third kappa shape index (κ3) is 3.34. The monoisotopic (exact) mass is 270 g/mol. The first-order valence-corrected chi connectivity index (χ1v) is 6.23. The molecule has 1 N–H and O–H groups in total. The fourth-order valence-electron chi connectivity index (χ4n) is 1.90. The zero-order valence-electron chi connectivity index (χ0n) is 11.1. The molecule has 2 aromatic rings. The summed E-state index contributed by atoms with van der Waals surface area (Å²) in [6.45, 7) is 0.526. The highest BCUT2D eigenvalue weighted by Crippen LogP contribution is 2.21. The van der Waals surface area contributed by atoms with Crippen molar-refractivity contribution in [2.75, 3.05) is 12.4 Å². The number of nitrogens with zero attached hydrogens (tertiary/aromatic N) is 1. The molecule has 1 atom stereocenters. The SMILES string of the molecule is COCc1ccc(C(C#N)Nc2ccccc2F)cc1. The summed E-state index contributed by atoms with van der Waals surface area (Å²) in [7, 11) is 1.63. The minimum atomic E-state index is -0.594. The highest BCUT2D eigenvalue weighted by Gasteiger charge is 2.12. The normalized spacial score (nSPS) is 11.7. The Hall–Kier alpha value is -2.38. The maximum absolute atomic E-state index is 13.6. The number of hydrogen-bond donors (Lipinski definition) is 1. The van der Waals surface area contributed by atoms with Gasteiger partial charge >= 0.3 is 0 Å². The van der Waals surface area contributed by atoms with Gasteiger partial charge in [-0.1, -0.05) is 36.4 Å². The smallest absolute Gasteiger partial charge is 0.146 e. The van der Waals surface area contributed by atoms with Crippen LogP contribution in [0.25, 0.3) is 0 Å². The lowest BCUT2D eigenvalue weighted by molar-refractivity contribution is 0.185. The number of nitriles is 1. The Bertz CT molecular complexity index is 605. The molecule has 0 aliphatic rings. The highest BCUT2D eigenvalue weighted by atomic mass is 19.1. The van der Waals surface area contributed by atoms with Gasteiger partial charge in [-0.25, -0.2) is 4.39 Å². The summed E-state index contributed by atoms with van der Waals surface area (Å²) in [5.41, 5.74) is 2.13. The molecule has 0 saturated carbocycles. The molecular weight excluding hydrogens is 255 g/mol. The van der Waals surface area contributed by atoms with E-state index in [2.05, 4.69) is 11.4 Å². The Morgan fingerprint density at radius 2 is 1.90 bits per heavy atom. The number of ether oxygens (including phenoxy) is 1. The molecule has 0 fully saturated rings. The first-order valence-electron chi connectivity index (χ1n) is 6.23. The van der Waals surface area contributed by atoms with Gasteiger partial charge in [-0.15, -0.1) is 0 Å². The van der Waals surface area contributed by atoms with Crippen LogP contribution in [0.15, 0.2) is 48.5 Å². The zero-order valence-corrected chi connectivity index (χ0v) is 11.1. The largest absolute Gasteiger partial charge is 0.380 e. The summed E-state index contributed by atoms with van der Waals surface area (Å²) in [6, 6.07) is 15.3. The van der Waals surface area contributed by atoms with Gasteiger partial charge in [0.05, 0.1) is 18.4 Å². The summed E-state index contributed by atoms with van der Waals surface area (Å²) in [5, 5.41) is 12.1. The minimum Gasteiger partial charge on any atom is -0.380 e. The third-order valence-electron chi connectivity index (χ3n) is 2.93. The Kier molecular flexibility index (Phi) is 4.70. The number of nitrogens with one attached hydrogen (secondary N) is 1. The fourth-order valence-corrected chi connectivity index (χ4v) is 1.90. The average molecular weight is 270 g/mol. The summed E-state index contributed by atoms with van der Waals surface area (Å²) >= 11 is 0. The lowest BCUT2D eigenvalue weighted by Gasteiger charge is -2.14. The Labute approximate surface area is 117 Å². The topological polar surface area (TPSA) is 45.0 Å². The van der Waals surface area contributed by atoms with Gasteiger partial charge in [0.2, 0.25) is 0 Å². The predicted molar refractivity (Wildman–Crippen MR) is 75.5 cm³/mol. The summed E-state index contributed by atoms with van der Waals surface area (Å²) in [5.74, 6) is -0.372. The summed E-state index contributed by atoms with van der Waals surface area (Å²) < 4.78 is 18.6. The van der Waals surface area contributed by atoms with E-state index in [9.17, 15) is 9.65 Å². The van der Waals surface area contributed by atoms with Crippen LogP contribution < -0.4 is 5.32 Å². The van der Waals surface area contributed by atoms with E-state index in [0.29, 0.717) is 12.3 Å². The van der Waals surface area contributed by atoms with Crippen molar-refractivity contribution in [2.45, 2.75) is 12.6 Å². The van der Waals surface area contributed by atoms with Gasteiger partial charge in [-0.05, 0) is 23.3 Å². The van der Waals surface area contributed by atoms with Crippen molar-refractivity contribution in [3.8, 4) is 6.07 Å². The molecule has 2 aromatic carbocycles. The Morgan fingerprint density at radius 3 is 2.50 bits per heavy atom. The van der Waals surface area contributed by atoms with Gasteiger partial charge in [-0.2, -0.15) is 5.26 Å². The molecule has 0 radical (unpaired) electrons. The summed E-state index contributed by atoms with van der Waals surface area (Å²) in [4.78, 5) is 0. The van der Waals surface area contributed by atoms with E-state index in [1.807, 2.05) is 24.3 Å². The van der Waals surface area contributed by atoms with Crippen LogP contribution in [0.5, 0.6) is 0 Å². The van der Waals surface area contributed by atoms with Gasteiger partial charge in [0.15, 0.2) is 0 Å². The average Bonchev–Trinajstić information content (AvgIpc) is 2.48. The third-order valence-corrected chi connectivity index (χ3v) is 2.93. The lowest BCUT2D eigenvalue weighted by Crippen LogP contribution is -2.09. The maximum Gasteiger partial charge on any atom is 0.146 e. The number of benzene rings is 2. The van der Waals surface area contributed by atoms with Crippen LogP contribution in [-0.4, -0.2) is 7.11 Å². The van der Waals surface area contributed by atoms with Gasteiger partial charge in [0, 0.05) is 7.11 Å². The first-order chi connectivity index (χ1) is 9.74. The molecule has 0 spiro atoms. The molecule has 20 heavy (non-hydrogen) atoms. The van der Waals surface area contributed by atoms with Gasteiger partial charge in [-0.3, -0.25) is 0 Å². The van der Waals surface area contributed by atoms with Gasteiger partial charge in [0.25, 0.3) is 0 Å². The molecule has 0 aliphatic carbocycles. The number of methoxy groups -OCH3 is 1. The van der Waals surface area contributed by atoms with Gasteiger partial charge < -0.3 is 10.1 Å². The molecule has 0 bridgehead atoms. The number of hydrogen-bond acceptors (Lipinski definition) is 3. The molecule has 2 rings (SSSR count). The van der Waals surface area contributed by atoms with Gasteiger partial charge in [0.1, 0.15) is 11.9 Å². The molecule has 3 nitrogen and oxygen atoms in total. The van der Waals surface area contributed by atoms with E-state index < -0.39 is 6.04 Å². The van der Waals surface area contributed by atoms with Crippen LogP contribution in [-0.2, 0) is 11.3 Å². The molecule has 0 heterocycles.